The molecule has 62 valence electrons. The molecule has 0 spiro atoms. The number of rotatable bonds is 5. The van der Waals surface area contributed by atoms with Crippen molar-refractivity contribution in [2.75, 3.05) is 0 Å². The van der Waals surface area contributed by atoms with Crippen molar-refractivity contribution in [1.29, 1.82) is 0 Å². The molecule has 0 aliphatic carbocycles. The predicted molar refractivity (Wildman–Crippen MR) is 52.6 cm³/mol. The summed E-state index contributed by atoms with van der Waals surface area (Å²) in [6, 6.07) is 0. The molecule has 0 fully saturated rings. The van der Waals surface area contributed by atoms with Gasteiger partial charge >= 0.3 is 0 Å². The van der Waals surface area contributed by atoms with Crippen LogP contribution in [0.2, 0.25) is 0 Å². The van der Waals surface area contributed by atoms with Gasteiger partial charge in [-0.25, -0.2) is 0 Å². The van der Waals surface area contributed by atoms with E-state index in [0.29, 0.717) is 0 Å². The maximum absolute atomic E-state index is 3.72. The molecule has 0 saturated heterocycles. The first-order valence-corrected chi connectivity index (χ1v) is 4.21. The Morgan fingerprint density at radius 1 is 1.36 bits per heavy atom. The minimum atomic E-state index is 1.04. The van der Waals surface area contributed by atoms with Gasteiger partial charge in [0.25, 0.3) is 0 Å². The van der Waals surface area contributed by atoms with Crippen molar-refractivity contribution in [2.45, 2.75) is 33.1 Å². The SMILES string of the molecule is C=CC/C(=C/C)CC/C=C/C. The molecule has 0 nitrogen and oxygen atoms in total. The summed E-state index contributed by atoms with van der Waals surface area (Å²) in [6.07, 6.45) is 11.8. The summed E-state index contributed by atoms with van der Waals surface area (Å²) in [5.74, 6) is 0. The van der Waals surface area contributed by atoms with Gasteiger partial charge < -0.3 is 0 Å². The normalized spacial score (nSPS) is 12.4. The van der Waals surface area contributed by atoms with Crippen LogP contribution in [-0.2, 0) is 0 Å². The number of hydrogen-bond acceptors (Lipinski definition) is 0. The zero-order valence-corrected chi connectivity index (χ0v) is 7.64. The van der Waals surface area contributed by atoms with Crippen LogP contribution in [0.25, 0.3) is 0 Å². The van der Waals surface area contributed by atoms with E-state index in [1.54, 1.807) is 0 Å². The Hall–Kier alpha value is -0.780. The van der Waals surface area contributed by atoms with Gasteiger partial charge in [-0.1, -0.05) is 29.9 Å². The molecule has 0 unspecified atom stereocenters. The zero-order valence-electron chi connectivity index (χ0n) is 7.64. The van der Waals surface area contributed by atoms with Crippen LogP contribution in [0.4, 0.5) is 0 Å². The molecule has 0 N–H and O–H groups in total. The van der Waals surface area contributed by atoms with Crippen LogP contribution in [0.1, 0.15) is 33.1 Å². The van der Waals surface area contributed by atoms with Crippen LogP contribution in [0.15, 0.2) is 36.5 Å². The van der Waals surface area contributed by atoms with Crippen molar-refractivity contribution in [3.63, 3.8) is 0 Å². The highest BCUT2D eigenvalue weighted by Crippen LogP contribution is 2.10. The van der Waals surface area contributed by atoms with E-state index in [0.717, 1.165) is 12.8 Å². The van der Waals surface area contributed by atoms with Crippen LogP contribution >= 0.6 is 0 Å². The van der Waals surface area contributed by atoms with E-state index in [4.69, 9.17) is 0 Å². The van der Waals surface area contributed by atoms with Crippen molar-refractivity contribution in [1.82, 2.24) is 0 Å². The standard InChI is InChI=1S/C11H18/c1-4-7-8-10-11(6-3)9-5-2/h4-7H,2,8-10H2,1,3H3/b7-4+,11-6-. The van der Waals surface area contributed by atoms with Gasteiger partial charge in [0.1, 0.15) is 0 Å². The average molecular weight is 150 g/mol. The Bertz CT molecular complexity index is 149. The summed E-state index contributed by atoms with van der Waals surface area (Å²) in [7, 11) is 0. The molecule has 0 aromatic rings. The van der Waals surface area contributed by atoms with E-state index in [1.165, 1.54) is 12.0 Å². The molecule has 0 aliphatic heterocycles. The van der Waals surface area contributed by atoms with Gasteiger partial charge in [-0.3, -0.25) is 0 Å². The van der Waals surface area contributed by atoms with Gasteiger partial charge in [0.2, 0.25) is 0 Å². The van der Waals surface area contributed by atoms with E-state index in [2.05, 4.69) is 38.7 Å². The van der Waals surface area contributed by atoms with Gasteiger partial charge in [-0.05, 0) is 33.1 Å². The highest BCUT2D eigenvalue weighted by molar-refractivity contribution is 5.05. The molecular formula is C11H18. The molecule has 11 heavy (non-hydrogen) atoms. The molecule has 0 bridgehead atoms. The maximum atomic E-state index is 3.72. The Kier molecular flexibility index (Phi) is 6.81. The summed E-state index contributed by atoms with van der Waals surface area (Å²) >= 11 is 0. The van der Waals surface area contributed by atoms with Crippen LogP contribution in [0.5, 0.6) is 0 Å². The zero-order chi connectivity index (χ0) is 8.53. The van der Waals surface area contributed by atoms with Crippen molar-refractivity contribution >= 4 is 0 Å². The summed E-state index contributed by atoms with van der Waals surface area (Å²) in [4.78, 5) is 0. The highest BCUT2D eigenvalue weighted by atomic mass is 14.0. The second kappa shape index (κ2) is 7.33. The minimum absolute atomic E-state index is 1.04. The second-order valence-electron chi connectivity index (χ2n) is 2.55. The molecule has 0 aromatic carbocycles. The Morgan fingerprint density at radius 3 is 2.55 bits per heavy atom. The fourth-order valence-corrected chi connectivity index (χ4v) is 0.985. The van der Waals surface area contributed by atoms with Gasteiger partial charge in [0.05, 0.1) is 0 Å². The minimum Gasteiger partial charge on any atom is -0.103 e. The number of allylic oxidation sites excluding steroid dienone is 5. The summed E-state index contributed by atoms with van der Waals surface area (Å²) in [5, 5.41) is 0. The molecule has 0 aromatic heterocycles. The molecule has 0 atom stereocenters. The third-order valence-corrected chi connectivity index (χ3v) is 1.68. The summed E-state index contributed by atoms with van der Waals surface area (Å²) in [5.41, 5.74) is 1.48. The van der Waals surface area contributed by atoms with Crippen LogP contribution in [-0.4, -0.2) is 0 Å². The Balaban J connectivity index is 3.61. The molecule has 0 saturated carbocycles. The largest absolute Gasteiger partial charge is 0.103 e. The lowest BCUT2D eigenvalue weighted by Gasteiger charge is -1.99. The fourth-order valence-electron chi connectivity index (χ4n) is 0.985. The molecule has 0 radical (unpaired) electrons. The van der Waals surface area contributed by atoms with Crippen LogP contribution in [0, 0.1) is 0 Å². The fraction of sp³-hybridized carbons (Fsp3) is 0.455. The van der Waals surface area contributed by atoms with Crippen molar-refractivity contribution in [3.8, 4) is 0 Å². The molecule has 0 heterocycles. The lowest BCUT2D eigenvalue weighted by Crippen LogP contribution is -1.79. The summed E-state index contributed by atoms with van der Waals surface area (Å²) < 4.78 is 0. The van der Waals surface area contributed by atoms with E-state index in [9.17, 15) is 0 Å². The van der Waals surface area contributed by atoms with Crippen LogP contribution < -0.4 is 0 Å². The van der Waals surface area contributed by atoms with E-state index in [1.807, 2.05) is 6.08 Å². The van der Waals surface area contributed by atoms with Crippen molar-refractivity contribution < 1.29 is 0 Å². The monoisotopic (exact) mass is 150 g/mol. The average Bonchev–Trinajstić information content (AvgIpc) is 2.03. The molecule has 0 rings (SSSR count). The summed E-state index contributed by atoms with van der Waals surface area (Å²) in [6.45, 7) is 7.87. The topological polar surface area (TPSA) is 0 Å². The highest BCUT2D eigenvalue weighted by Gasteiger charge is 1.90. The first-order chi connectivity index (χ1) is 5.35. The van der Waals surface area contributed by atoms with Crippen LogP contribution in [0.3, 0.4) is 0 Å². The molecule has 0 aliphatic rings. The quantitative estimate of drug-likeness (QED) is 0.522. The van der Waals surface area contributed by atoms with Gasteiger partial charge in [0, 0.05) is 0 Å². The second-order valence-corrected chi connectivity index (χ2v) is 2.55. The van der Waals surface area contributed by atoms with Gasteiger partial charge in [0.15, 0.2) is 0 Å². The molecule has 0 amide bonds. The lowest BCUT2D eigenvalue weighted by atomic mass is 10.1. The maximum Gasteiger partial charge on any atom is -0.0142 e. The predicted octanol–water partition coefficient (Wildman–Crippen LogP) is 3.87. The Morgan fingerprint density at radius 2 is 2.09 bits per heavy atom. The van der Waals surface area contributed by atoms with Gasteiger partial charge in [-0.2, -0.15) is 0 Å². The number of hydrogen-bond donors (Lipinski definition) is 0. The van der Waals surface area contributed by atoms with Gasteiger partial charge in [-0.15, -0.1) is 6.58 Å². The van der Waals surface area contributed by atoms with E-state index < -0.39 is 0 Å². The first-order valence-electron chi connectivity index (χ1n) is 4.21. The third-order valence-electron chi connectivity index (χ3n) is 1.68. The van der Waals surface area contributed by atoms with E-state index >= 15 is 0 Å². The van der Waals surface area contributed by atoms with E-state index in [-0.39, 0.29) is 0 Å². The molecular weight excluding hydrogens is 132 g/mol. The van der Waals surface area contributed by atoms with Crippen molar-refractivity contribution in [3.05, 3.63) is 36.5 Å². The Labute approximate surface area is 70.3 Å². The molecule has 0 heteroatoms. The first kappa shape index (κ1) is 10.2. The smallest absolute Gasteiger partial charge is 0.0142 e. The lowest BCUT2D eigenvalue weighted by molar-refractivity contribution is 0.935. The van der Waals surface area contributed by atoms with Crippen molar-refractivity contribution in [2.24, 2.45) is 0 Å². The third kappa shape index (κ3) is 5.65.